The molecule has 1 aliphatic rings. The summed E-state index contributed by atoms with van der Waals surface area (Å²) in [7, 11) is 0. The number of anilines is 1. The van der Waals surface area contributed by atoms with Crippen molar-refractivity contribution in [3.8, 4) is 0 Å². The molecule has 0 aliphatic carbocycles. The summed E-state index contributed by atoms with van der Waals surface area (Å²) in [6, 6.07) is 5.41. The highest BCUT2D eigenvalue weighted by molar-refractivity contribution is 5.91. The standard InChI is InChI=1S/C11H16N4O2/c12-11(16)9-2-1-3-10(15-9)14-6-8-7-17-5-4-13-8/h1-3,8,13H,4-7H2,(H2,12,16)(H,14,15). The van der Waals surface area contributed by atoms with Crippen LogP contribution in [-0.2, 0) is 4.74 Å². The molecule has 92 valence electrons. The van der Waals surface area contributed by atoms with Crippen LogP contribution < -0.4 is 16.4 Å². The molecule has 1 aromatic rings. The molecule has 1 aromatic heterocycles. The molecule has 2 rings (SSSR count). The molecule has 6 heteroatoms. The highest BCUT2D eigenvalue weighted by atomic mass is 16.5. The van der Waals surface area contributed by atoms with Crippen LogP contribution in [0.15, 0.2) is 18.2 Å². The van der Waals surface area contributed by atoms with Gasteiger partial charge in [0.05, 0.1) is 13.2 Å². The fraction of sp³-hybridized carbons (Fsp3) is 0.455. The van der Waals surface area contributed by atoms with Crippen molar-refractivity contribution in [2.75, 3.05) is 31.6 Å². The second-order valence-corrected chi connectivity index (χ2v) is 3.88. The lowest BCUT2D eigenvalue weighted by Crippen LogP contribution is -2.45. The largest absolute Gasteiger partial charge is 0.378 e. The molecule has 1 saturated heterocycles. The number of pyridine rings is 1. The Balaban J connectivity index is 1.89. The Hall–Kier alpha value is -1.66. The van der Waals surface area contributed by atoms with E-state index < -0.39 is 5.91 Å². The average molecular weight is 236 g/mol. The third-order valence-corrected chi connectivity index (χ3v) is 2.53. The van der Waals surface area contributed by atoms with E-state index in [0.717, 1.165) is 13.2 Å². The number of aromatic nitrogens is 1. The molecule has 0 aromatic carbocycles. The number of amides is 1. The number of carbonyl (C=O) groups excluding carboxylic acids is 1. The lowest BCUT2D eigenvalue weighted by atomic mass is 10.2. The van der Waals surface area contributed by atoms with Gasteiger partial charge in [0, 0.05) is 19.1 Å². The minimum atomic E-state index is -0.521. The van der Waals surface area contributed by atoms with Gasteiger partial charge in [0.15, 0.2) is 0 Å². The molecular weight excluding hydrogens is 220 g/mol. The van der Waals surface area contributed by atoms with E-state index in [-0.39, 0.29) is 11.7 Å². The van der Waals surface area contributed by atoms with Gasteiger partial charge in [0.25, 0.3) is 5.91 Å². The van der Waals surface area contributed by atoms with Crippen molar-refractivity contribution >= 4 is 11.7 Å². The van der Waals surface area contributed by atoms with Crippen molar-refractivity contribution in [1.82, 2.24) is 10.3 Å². The zero-order valence-electron chi connectivity index (χ0n) is 9.48. The molecule has 1 unspecified atom stereocenters. The summed E-state index contributed by atoms with van der Waals surface area (Å²) in [5.74, 6) is 0.126. The molecule has 1 amide bonds. The van der Waals surface area contributed by atoms with Crippen molar-refractivity contribution in [1.29, 1.82) is 0 Å². The second kappa shape index (κ2) is 5.60. The van der Waals surface area contributed by atoms with Crippen molar-refractivity contribution in [2.24, 2.45) is 5.73 Å². The first kappa shape index (κ1) is 11.8. The Morgan fingerprint density at radius 3 is 3.24 bits per heavy atom. The van der Waals surface area contributed by atoms with Crippen LogP contribution in [0.2, 0.25) is 0 Å². The third-order valence-electron chi connectivity index (χ3n) is 2.53. The van der Waals surface area contributed by atoms with Crippen molar-refractivity contribution < 1.29 is 9.53 Å². The van der Waals surface area contributed by atoms with Crippen LogP contribution in [0.4, 0.5) is 5.82 Å². The Labute approximate surface area is 99.5 Å². The van der Waals surface area contributed by atoms with Crippen molar-refractivity contribution in [3.05, 3.63) is 23.9 Å². The normalized spacial score (nSPS) is 19.9. The number of primary amides is 1. The van der Waals surface area contributed by atoms with E-state index in [1.54, 1.807) is 18.2 Å². The summed E-state index contributed by atoms with van der Waals surface area (Å²) in [6.07, 6.45) is 0. The Bertz CT molecular complexity index is 391. The number of ether oxygens (including phenoxy) is 1. The molecule has 0 spiro atoms. The van der Waals surface area contributed by atoms with Crippen LogP contribution in [0.25, 0.3) is 0 Å². The maximum Gasteiger partial charge on any atom is 0.267 e. The highest BCUT2D eigenvalue weighted by Gasteiger charge is 2.12. The van der Waals surface area contributed by atoms with Gasteiger partial charge in [-0.05, 0) is 12.1 Å². The van der Waals surface area contributed by atoms with E-state index in [4.69, 9.17) is 10.5 Å². The van der Waals surface area contributed by atoms with Gasteiger partial charge >= 0.3 is 0 Å². The zero-order chi connectivity index (χ0) is 12.1. The first-order valence-corrected chi connectivity index (χ1v) is 5.57. The average Bonchev–Trinajstić information content (AvgIpc) is 2.38. The number of nitrogens with one attached hydrogen (secondary N) is 2. The number of morpholine rings is 1. The zero-order valence-corrected chi connectivity index (χ0v) is 9.48. The van der Waals surface area contributed by atoms with Gasteiger partial charge in [0.1, 0.15) is 11.5 Å². The molecule has 17 heavy (non-hydrogen) atoms. The van der Waals surface area contributed by atoms with Gasteiger partial charge < -0.3 is 21.1 Å². The number of hydrogen-bond donors (Lipinski definition) is 3. The summed E-state index contributed by atoms with van der Waals surface area (Å²) >= 11 is 0. The molecule has 6 nitrogen and oxygen atoms in total. The lowest BCUT2D eigenvalue weighted by Gasteiger charge is -2.24. The van der Waals surface area contributed by atoms with Crippen LogP contribution in [-0.4, -0.2) is 43.2 Å². The van der Waals surface area contributed by atoms with E-state index >= 15 is 0 Å². The topological polar surface area (TPSA) is 89.3 Å². The van der Waals surface area contributed by atoms with Gasteiger partial charge in [0.2, 0.25) is 0 Å². The fourth-order valence-electron chi connectivity index (χ4n) is 1.65. The van der Waals surface area contributed by atoms with E-state index in [2.05, 4.69) is 15.6 Å². The van der Waals surface area contributed by atoms with Crippen LogP contribution in [0.5, 0.6) is 0 Å². The summed E-state index contributed by atoms with van der Waals surface area (Å²) in [5, 5.41) is 6.47. The smallest absolute Gasteiger partial charge is 0.267 e. The summed E-state index contributed by atoms with van der Waals surface area (Å²) < 4.78 is 5.34. The van der Waals surface area contributed by atoms with Crippen molar-refractivity contribution in [3.63, 3.8) is 0 Å². The number of rotatable bonds is 4. The van der Waals surface area contributed by atoms with Gasteiger partial charge in [-0.15, -0.1) is 0 Å². The van der Waals surface area contributed by atoms with Gasteiger partial charge in [-0.1, -0.05) is 6.07 Å². The first-order valence-electron chi connectivity index (χ1n) is 5.57. The van der Waals surface area contributed by atoms with E-state index in [9.17, 15) is 4.79 Å². The predicted molar refractivity (Wildman–Crippen MR) is 63.9 cm³/mol. The fourth-order valence-corrected chi connectivity index (χ4v) is 1.65. The molecule has 1 aliphatic heterocycles. The Morgan fingerprint density at radius 1 is 1.65 bits per heavy atom. The molecular formula is C11H16N4O2. The monoisotopic (exact) mass is 236 g/mol. The Kier molecular flexibility index (Phi) is 3.89. The highest BCUT2D eigenvalue weighted by Crippen LogP contribution is 2.05. The van der Waals surface area contributed by atoms with Gasteiger partial charge in [-0.3, -0.25) is 4.79 Å². The van der Waals surface area contributed by atoms with Crippen LogP contribution in [0, 0.1) is 0 Å². The van der Waals surface area contributed by atoms with Crippen LogP contribution in [0.1, 0.15) is 10.5 Å². The predicted octanol–water partition coefficient (Wildman–Crippen LogP) is -0.419. The maximum atomic E-state index is 11.0. The number of hydrogen-bond acceptors (Lipinski definition) is 5. The molecule has 4 N–H and O–H groups in total. The number of carbonyl (C=O) groups is 1. The quantitative estimate of drug-likeness (QED) is 0.660. The number of nitrogens with zero attached hydrogens (tertiary/aromatic N) is 1. The second-order valence-electron chi connectivity index (χ2n) is 3.88. The SMILES string of the molecule is NC(=O)c1cccc(NCC2COCCN2)n1. The van der Waals surface area contributed by atoms with E-state index in [1.165, 1.54) is 0 Å². The van der Waals surface area contributed by atoms with Crippen LogP contribution in [0.3, 0.4) is 0 Å². The molecule has 1 fully saturated rings. The lowest BCUT2D eigenvalue weighted by molar-refractivity contribution is 0.0806. The minimum Gasteiger partial charge on any atom is -0.378 e. The van der Waals surface area contributed by atoms with Gasteiger partial charge in [-0.25, -0.2) is 4.98 Å². The minimum absolute atomic E-state index is 0.266. The Morgan fingerprint density at radius 2 is 2.53 bits per heavy atom. The summed E-state index contributed by atoms with van der Waals surface area (Å²) in [6.45, 7) is 3.00. The molecule has 0 bridgehead atoms. The number of nitrogens with two attached hydrogens (primary N) is 1. The third kappa shape index (κ3) is 3.40. The van der Waals surface area contributed by atoms with E-state index in [1.807, 2.05) is 0 Å². The first-order chi connectivity index (χ1) is 8.25. The van der Waals surface area contributed by atoms with Gasteiger partial charge in [-0.2, -0.15) is 0 Å². The van der Waals surface area contributed by atoms with Crippen molar-refractivity contribution in [2.45, 2.75) is 6.04 Å². The summed E-state index contributed by atoms with van der Waals surface area (Å²) in [4.78, 5) is 15.1. The summed E-state index contributed by atoms with van der Waals surface area (Å²) in [5.41, 5.74) is 5.43. The maximum absolute atomic E-state index is 11.0. The van der Waals surface area contributed by atoms with Crippen LogP contribution >= 0.6 is 0 Å². The molecule has 0 radical (unpaired) electrons. The molecule has 1 atom stereocenters. The molecule has 0 saturated carbocycles. The van der Waals surface area contributed by atoms with E-state index in [0.29, 0.717) is 19.0 Å². The molecule has 2 heterocycles.